The molecular weight excluding hydrogens is 462 g/mol. The van der Waals surface area contributed by atoms with E-state index in [0.29, 0.717) is 54.0 Å². The van der Waals surface area contributed by atoms with E-state index < -0.39 is 0 Å². The number of hydrogen-bond donors (Lipinski definition) is 2. The fourth-order valence-electron chi connectivity index (χ4n) is 3.99. The quantitative estimate of drug-likeness (QED) is 0.382. The van der Waals surface area contributed by atoms with Crippen LogP contribution in [0.4, 0.5) is 5.69 Å². The molecule has 0 spiro atoms. The summed E-state index contributed by atoms with van der Waals surface area (Å²) in [4.78, 5) is 18.0. The second kappa shape index (κ2) is 10.1. The number of nitrogens with one attached hydrogen (secondary N) is 2. The molecule has 5 rings (SSSR count). The molecule has 2 heterocycles. The van der Waals surface area contributed by atoms with Crippen molar-refractivity contribution in [1.82, 2.24) is 9.88 Å². The summed E-state index contributed by atoms with van der Waals surface area (Å²) in [6, 6.07) is 23.2. The Morgan fingerprint density at radius 1 is 1.00 bits per heavy atom. The highest BCUT2D eigenvalue weighted by Crippen LogP contribution is 2.33. The monoisotopic (exact) mass is 487 g/mol. The number of nitrogens with zero attached hydrogens (tertiary/aromatic N) is 1. The van der Waals surface area contributed by atoms with Gasteiger partial charge in [0.05, 0.1) is 19.2 Å². The van der Waals surface area contributed by atoms with Gasteiger partial charge in [-0.15, -0.1) is 0 Å². The van der Waals surface area contributed by atoms with Gasteiger partial charge in [-0.1, -0.05) is 30.3 Å². The number of benzene rings is 3. The fourth-order valence-corrected chi connectivity index (χ4v) is 4.24. The predicted octanol–water partition coefficient (Wildman–Crippen LogP) is 4.71. The van der Waals surface area contributed by atoms with E-state index in [1.54, 1.807) is 7.11 Å². The van der Waals surface area contributed by atoms with E-state index in [4.69, 9.17) is 26.4 Å². The molecule has 1 aliphatic rings. The number of H-pyrrole nitrogens is 1. The first kappa shape index (κ1) is 22.7. The molecule has 3 aromatic carbocycles. The standard InChI is InChI=1S/C27H25N3O4S/c1-32-22-9-7-21(8-10-22)28-27(35)30(16-18-5-3-2-4-6-18)17-20-13-19-14-24-25(34-12-11-33-24)15-23(19)29-26(20)31/h2-10,13-15H,11-12,16-17H2,1H3,(H,28,35)(H,29,31). The lowest BCUT2D eigenvalue weighted by Crippen LogP contribution is -2.35. The Labute approximate surface area is 208 Å². The zero-order valence-electron chi connectivity index (χ0n) is 19.2. The third-order valence-corrected chi connectivity index (χ3v) is 6.15. The molecule has 1 aliphatic heterocycles. The number of methoxy groups -OCH3 is 1. The third-order valence-electron chi connectivity index (χ3n) is 5.79. The molecule has 35 heavy (non-hydrogen) atoms. The Morgan fingerprint density at radius 3 is 2.43 bits per heavy atom. The van der Waals surface area contributed by atoms with Crippen molar-refractivity contribution in [3.8, 4) is 17.2 Å². The van der Waals surface area contributed by atoms with Crippen LogP contribution in [-0.4, -0.2) is 35.3 Å². The van der Waals surface area contributed by atoms with Gasteiger partial charge in [0.2, 0.25) is 0 Å². The van der Waals surface area contributed by atoms with Gasteiger partial charge in [-0.05, 0) is 54.2 Å². The smallest absolute Gasteiger partial charge is 0.253 e. The van der Waals surface area contributed by atoms with E-state index in [9.17, 15) is 4.79 Å². The van der Waals surface area contributed by atoms with Gasteiger partial charge < -0.3 is 29.4 Å². The fraction of sp³-hybridized carbons (Fsp3) is 0.185. The number of pyridine rings is 1. The Bertz CT molecular complexity index is 1400. The lowest BCUT2D eigenvalue weighted by molar-refractivity contribution is 0.172. The Hall–Kier alpha value is -4.04. The first-order valence-corrected chi connectivity index (χ1v) is 11.7. The number of aromatic nitrogens is 1. The van der Waals surface area contributed by atoms with E-state index >= 15 is 0 Å². The van der Waals surface area contributed by atoms with Gasteiger partial charge in [0.15, 0.2) is 16.6 Å². The molecule has 0 saturated heterocycles. The van der Waals surface area contributed by atoms with Crippen LogP contribution in [0.3, 0.4) is 0 Å². The number of fused-ring (bicyclic) bond motifs is 2. The number of ether oxygens (including phenoxy) is 3. The number of rotatable bonds is 6. The molecule has 0 amide bonds. The Kier molecular flexibility index (Phi) is 6.54. The van der Waals surface area contributed by atoms with E-state index in [1.165, 1.54) is 0 Å². The molecule has 1 aromatic heterocycles. The topological polar surface area (TPSA) is 75.8 Å². The van der Waals surface area contributed by atoms with Gasteiger partial charge in [0.25, 0.3) is 5.56 Å². The van der Waals surface area contributed by atoms with E-state index in [1.807, 2.05) is 77.7 Å². The van der Waals surface area contributed by atoms with Gasteiger partial charge in [-0.3, -0.25) is 4.79 Å². The van der Waals surface area contributed by atoms with Crippen LogP contribution in [-0.2, 0) is 13.1 Å². The average molecular weight is 488 g/mol. The lowest BCUT2D eigenvalue weighted by atomic mass is 10.1. The average Bonchev–Trinajstić information content (AvgIpc) is 2.88. The number of anilines is 1. The highest BCUT2D eigenvalue weighted by atomic mass is 32.1. The van der Waals surface area contributed by atoms with Gasteiger partial charge in [-0.2, -0.15) is 0 Å². The van der Waals surface area contributed by atoms with Crippen LogP contribution in [0.5, 0.6) is 17.2 Å². The van der Waals surface area contributed by atoms with Crippen molar-refractivity contribution in [1.29, 1.82) is 0 Å². The Morgan fingerprint density at radius 2 is 1.71 bits per heavy atom. The second-order valence-corrected chi connectivity index (χ2v) is 8.59. The summed E-state index contributed by atoms with van der Waals surface area (Å²) in [5.74, 6) is 2.09. The first-order valence-electron chi connectivity index (χ1n) is 11.3. The first-order chi connectivity index (χ1) is 17.1. The van der Waals surface area contributed by atoms with Crippen LogP contribution < -0.4 is 25.1 Å². The SMILES string of the molecule is COc1ccc(NC(=S)N(Cc2ccccc2)Cc2cc3cc4c(cc3[nH]c2=O)OCCO4)cc1. The molecule has 4 aromatic rings. The highest BCUT2D eigenvalue weighted by molar-refractivity contribution is 7.80. The van der Waals surface area contributed by atoms with Crippen LogP contribution in [0.25, 0.3) is 10.9 Å². The summed E-state index contributed by atoms with van der Waals surface area (Å²) in [5.41, 5.74) is 3.06. The minimum atomic E-state index is -0.167. The zero-order chi connectivity index (χ0) is 24.2. The van der Waals surface area contributed by atoms with Crippen LogP contribution in [0, 0.1) is 0 Å². The van der Waals surface area contributed by atoms with Gasteiger partial charge >= 0.3 is 0 Å². The summed E-state index contributed by atoms with van der Waals surface area (Å²) in [5, 5.41) is 4.67. The predicted molar refractivity (Wildman–Crippen MR) is 140 cm³/mol. The highest BCUT2D eigenvalue weighted by Gasteiger charge is 2.17. The van der Waals surface area contributed by atoms with Gasteiger partial charge in [-0.25, -0.2) is 0 Å². The van der Waals surface area contributed by atoms with Gasteiger partial charge in [0, 0.05) is 29.2 Å². The summed E-state index contributed by atoms with van der Waals surface area (Å²) < 4.78 is 16.6. The van der Waals surface area contributed by atoms with Crippen molar-refractivity contribution in [3.63, 3.8) is 0 Å². The molecule has 8 heteroatoms. The molecule has 0 fully saturated rings. The van der Waals surface area contributed by atoms with Crippen LogP contribution in [0.2, 0.25) is 0 Å². The maximum Gasteiger partial charge on any atom is 0.253 e. The van der Waals surface area contributed by atoms with E-state index in [-0.39, 0.29) is 5.56 Å². The van der Waals surface area contributed by atoms with Crippen molar-refractivity contribution >= 4 is 33.9 Å². The molecule has 0 aliphatic carbocycles. The molecule has 178 valence electrons. The third kappa shape index (κ3) is 5.22. The minimum Gasteiger partial charge on any atom is -0.497 e. The normalized spacial score (nSPS) is 12.3. The molecule has 0 unspecified atom stereocenters. The van der Waals surface area contributed by atoms with E-state index in [0.717, 1.165) is 22.4 Å². The minimum absolute atomic E-state index is 0.167. The van der Waals surface area contributed by atoms with Crippen LogP contribution >= 0.6 is 12.2 Å². The van der Waals surface area contributed by atoms with Crippen LogP contribution in [0.15, 0.2) is 77.6 Å². The lowest BCUT2D eigenvalue weighted by Gasteiger charge is -2.26. The summed E-state index contributed by atoms with van der Waals surface area (Å²) in [6.07, 6.45) is 0. The van der Waals surface area contributed by atoms with Crippen molar-refractivity contribution < 1.29 is 14.2 Å². The summed E-state index contributed by atoms with van der Waals surface area (Å²) in [7, 11) is 1.63. The number of thiocarbonyl (C=S) groups is 1. The zero-order valence-corrected chi connectivity index (χ0v) is 20.1. The molecule has 7 nitrogen and oxygen atoms in total. The molecule has 0 bridgehead atoms. The molecule has 0 atom stereocenters. The molecule has 0 saturated carbocycles. The van der Waals surface area contributed by atoms with Crippen molar-refractivity contribution in [2.45, 2.75) is 13.1 Å². The Balaban J connectivity index is 1.44. The second-order valence-electron chi connectivity index (χ2n) is 8.21. The molecular formula is C27H25N3O4S. The number of aromatic amines is 1. The molecule has 0 radical (unpaired) electrons. The van der Waals surface area contributed by atoms with Crippen molar-refractivity contribution in [3.05, 3.63) is 94.3 Å². The molecule has 2 N–H and O–H groups in total. The largest absolute Gasteiger partial charge is 0.497 e. The van der Waals surface area contributed by atoms with Gasteiger partial charge in [0.1, 0.15) is 19.0 Å². The maximum absolute atomic E-state index is 13.0. The number of hydrogen-bond acceptors (Lipinski definition) is 5. The maximum atomic E-state index is 13.0. The van der Waals surface area contributed by atoms with Crippen molar-refractivity contribution in [2.24, 2.45) is 0 Å². The summed E-state index contributed by atoms with van der Waals surface area (Å²) >= 11 is 5.77. The van der Waals surface area contributed by atoms with Crippen LogP contribution in [0.1, 0.15) is 11.1 Å². The van der Waals surface area contributed by atoms with Crippen molar-refractivity contribution in [2.75, 3.05) is 25.6 Å². The summed E-state index contributed by atoms with van der Waals surface area (Å²) in [6.45, 7) is 1.87. The van der Waals surface area contributed by atoms with E-state index in [2.05, 4.69) is 10.3 Å².